The first-order valence-corrected chi connectivity index (χ1v) is 10.5. The van der Waals surface area contributed by atoms with Crippen molar-refractivity contribution in [3.05, 3.63) is 92.4 Å². The van der Waals surface area contributed by atoms with Gasteiger partial charge in [0, 0.05) is 15.7 Å². The van der Waals surface area contributed by atoms with Gasteiger partial charge in [-0.05, 0) is 60.5 Å². The number of esters is 1. The van der Waals surface area contributed by atoms with Crippen LogP contribution in [0.5, 0.6) is 5.75 Å². The molecule has 0 fully saturated rings. The molecule has 3 rings (SSSR count). The van der Waals surface area contributed by atoms with Crippen molar-refractivity contribution in [2.45, 2.75) is 6.92 Å². The number of hydrogen-bond acceptors (Lipinski definition) is 5. The first-order chi connectivity index (χ1) is 15.7. The van der Waals surface area contributed by atoms with Gasteiger partial charge < -0.3 is 10.1 Å². The lowest BCUT2D eigenvalue weighted by Crippen LogP contribution is -2.32. The van der Waals surface area contributed by atoms with E-state index in [4.69, 9.17) is 39.5 Å². The van der Waals surface area contributed by atoms with Gasteiger partial charge in [0.15, 0.2) is 0 Å². The lowest BCUT2D eigenvalue weighted by Gasteiger charge is -2.08. The monoisotopic (exact) mass is 503 g/mol. The number of ether oxygens (including phenoxy) is 1. The summed E-state index contributed by atoms with van der Waals surface area (Å²) in [5.41, 5.74) is 3.85. The molecule has 168 valence electrons. The lowest BCUT2D eigenvalue weighted by atomic mass is 10.2. The summed E-state index contributed by atoms with van der Waals surface area (Å²) in [7, 11) is 0. The van der Waals surface area contributed by atoms with Crippen LogP contribution in [0.4, 0.5) is 5.69 Å². The molecular weight excluding hydrogens is 489 g/mol. The Morgan fingerprint density at radius 3 is 2.42 bits per heavy atom. The summed E-state index contributed by atoms with van der Waals surface area (Å²) in [6, 6.07) is 15.8. The van der Waals surface area contributed by atoms with Gasteiger partial charge in [-0.3, -0.25) is 9.59 Å². The summed E-state index contributed by atoms with van der Waals surface area (Å²) in [6.45, 7) is 1.72. The number of hydrazone groups is 1. The smallest absolute Gasteiger partial charge is 0.345 e. The van der Waals surface area contributed by atoms with Gasteiger partial charge in [-0.15, -0.1) is 0 Å². The van der Waals surface area contributed by atoms with Crippen molar-refractivity contribution >= 4 is 64.5 Å². The van der Waals surface area contributed by atoms with Crippen LogP contribution >= 0.6 is 34.8 Å². The number of amides is 2. The highest BCUT2D eigenvalue weighted by Gasteiger charge is 2.15. The Kier molecular flexibility index (Phi) is 8.06. The van der Waals surface area contributed by atoms with Gasteiger partial charge in [-0.25, -0.2) is 10.2 Å². The summed E-state index contributed by atoms with van der Waals surface area (Å²) >= 11 is 17.9. The van der Waals surface area contributed by atoms with Gasteiger partial charge in [0.1, 0.15) is 5.75 Å². The third kappa shape index (κ3) is 6.55. The summed E-state index contributed by atoms with van der Waals surface area (Å²) in [5.74, 6) is -2.30. The normalized spacial score (nSPS) is 10.7. The molecule has 3 aromatic rings. The number of nitrogens with zero attached hydrogens (tertiary/aromatic N) is 1. The highest BCUT2D eigenvalue weighted by atomic mass is 35.5. The van der Waals surface area contributed by atoms with Crippen molar-refractivity contribution in [2.24, 2.45) is 5.10 Å². The van der Waals surface area contributed by atoms with Gasteiger partial charge in [0.05, 0.1) is 16.8 Å². The third-order valence-electron chi connectivity index (χ3n) is 4.32. The van der Waals surface area contributed by atoms with Gasteiger partial charge in [0.25, 0.3) is 0 Å². The molecule has 0 heterocycles. The van der Waals surface area contributed by atoms with Crippen LogP contribution in [0, 0.1) is 6.92 Å². The Bertz CT molecular complexity index is 1260. The molecular formula is C23H16Cl3N3O4. The van der Waals surface area contributed by atoms with Crippen molar-refractivity contribution in [1.82, 2.24) is 5.43 Å². The fourth-order valence-corrected chi connectivity index (χ4v) is 3.27. The first kappa shape index (κ1) is 24.3. The topological polar surface area (TPSA) is 96.9 Å². The van der Waals surface area contributed by atoms with E-state index in [1.54, 1.807) is 43.3 Å². The maximum Gasteiger partial charge on any atom is 0.345 e. The number of carbonyl (C=O) groups is 3. The molecule has 0 unspecified atom stereocenters. The van der Waals surface area contributed by atoms with Gasteiger partial charge in [-0.2, -0.15) is 5.10 Å². The molecule has 0 aliphatic heterocycles. The van der Waals surface area contributed by atoms with Crippen LogP contribution in [0.15, 0.2) is 65.8 Å². The van der Waals surface area contributed by atoms with Crippen LogP contribution in [0.1, 0.15) is 21.5 Å². The Morgan fingerprint density at radius 2 is 1.67 bits per heavy atom. The van der Waals surface area contributed by atoms with Crippen molar-refractivity contribution in [1.29, 1.82) is 0 Å². The van der Waals surface area contributed by atoms with Crippen LogP contribution < -0.4 is 15.5 Å². The number of carbonyl (C=O) groups excluding carboxylic acids is 3. The second-order valence-corrected chi connectivity index (χ2v) is 7.90. The Balaban J connectivity index is 1.59. The maximum absolute atomic E-state index is 12.3. The Labute approximate surface area is 204 Å². The molecule has 0 aliphatic rings. The second-order valence-electron chi connectivity index (χ2n) is 6.65. The highest BCUT2D eigenvalue weighted by Crippen LogP contribution is 2.24. The minimum absolute atomic E-state index is 0.161. The lowest BCUT2D eigenvalue weighted by molar-refractivity contribution is -0.136. The standard InChI is InChI=1S/C23H16Cl3N3O4/c1-13-18(25)6-3-7-20(13)28-21(30)22(31)29-27-12-14-4-2-5-16(10-14)33-23(32)17-9-8-15(24)11-19(17)26/h2-12H,1H3,(H,28,30)(H,29,31). The van der Waals surface area contributed by atoms with Crippen molar-refractivity contribution in [3.63, 3.8) is 0 Å². The van der Waals surface area contributed by atoms with E-state index in [9.17, 15) is 14.4 Å². The minimum Gasteiger partial charge on any atom is -0.423 e. The third-order valence-corrected chi connectivity index (χ3v) is 5.28. The van der Waals surface area contributed by atoms with E-state index in [-0.39, 0.29) is 16.3 Å². The number of anilines is 1. The fraction of sp³-hybridized carbons (Fsp3) is 0.0435. The van der Waals surface area contributed by atoms with E-state index in [2.05, 4.69) is 15.8 Å². The molecule has 33 heavy (non-hydrogen) atoms. The molecule has 0 saturated carbocycles. The van der Waals surface area contributed by atoms with Crippen molar-refractivity contribution in [3.8, 4) is 5.75 Å². The predicted molar refractivity (Wildman–Crippen MR) is 128 cm³/mol. The zero-order valence-corrected chi connectivity index (χ0v) is 19.3. The van der Waals surface area contributed by atoms with Gasteiger partial charge >= 0.3 is 17.8 Å². The molecule has 3 aromatic carbocycles. The van der Waals surface area contributed by atoms with E-state index < -0.39 is 17.8 Å². The van der Waals surface area contributed by atoms with Crippen molar-refractivity contribution in [2.75, 3.05) is 5.32 Å². The minimum atomic E-state index is -0.967. The van der Waals surface area contributed by atoms with Crippen LogP contribution in [-0.4, -0.2) is 24.0 Å². The molecule has 7 nitrogen and oxygen atoms in total. The average molecular weight is 505 g/mol. The Morgan fingerprint density at radius 1 is 0.909 bits per heavy atom. The fourth-order valence-electron chi connectivity index (χ4n) is 2.61. The summed E-state index contributed by atoms with van der Waals surface area (Å²) in [5, 5.41) is 7.25. The van der Waals surface area contributed by atoms with E-state index in [0.29, 0.717) is 26.9 Å². The quantitative estimate of drug-likeness (QED) is 0.163. The molecule has 2 amide bonds. The average Bonchev–Trinajstić information content (AvgIpc) is 2.77. The first-order valence-electron chi connectivity index (χ1n) is 9.41. The molecule has 0 bridgehead atoms. The predicted octanol–water partition coefficient (Wildman–Crippen LogP) is 5.26. The number of halogens is 3. The molecule has 0 atom stereocenters. The molecule has 0 aromatic heterocycles. The summed E-state index contributed by atoms with van der Waals surface area (Å²) in [6.07, 6.45) is 1.29. The Hall–Kier alpha value is -3.39. The summed E-state index contributed by atoms with van der Waals surface area (Å²) < 4.78 is 5.32. The van der Waals surface area contributed by atoms with Crippen LogP contribution in [0.2, 0.25) is 15.1 Å². The molecule has 2 N–H and O–H groups in total. The highest BCUT2D eigenvalue weighted by molar-refractivity contribution is 6.40. The molecule has 10 heteroatoms. The van der Waals surface area contributed by atoms with E-state index >= 15 is 0 Å². The maximum atomic E-state index is 12.3. The summed E-state index contributed by atoms with van der Waals surface area (Å²) in [4.78, 5) is 36.4. The van der Waals surface area contributed by atoms with Crippen LogP contribution in [-0.2, 0) is 9.59 Å². The number of benzene rings is 3. The number of nitrogens with one attached hydrogen (secondary N) is 2. The van der Waals surface area contributed by atoms with Crippen LogP contribution in [0.25, 0.3) is 0 Å². The largest absolute Gasteiger partial charge is 0.423 e. The molecule has 0 aliphatic carbocycles. The number of rotatable bonds is 5. The SMILES string of the molecule is Cc1c(Cl)cccc1NC(=O)C(=O)NN=Cc1cccc(OC(=O)c2ccc(Cl)cc2Cl)c1. The van der Waals surface area contributed by atoms with E-state index in [1.807, 2.05) is 0 Å². The van der Waals surface area contributed by atoms with Gasteiger partial charge in [0.2, 0.25) is 0 Å². The van der Waals surface area contributed by atoms with Crippen molar-refractivity contribution < 1.29 is 19.1 Å². The zero-order valence-electron chi connectivity index (χ0n) is 17.1. The zero-order chi connectivity index (χ0) is 24.0. The second kappa shape index (κ2) is 11.0. The molecule has 0 saturated heterocycles. The molecule has 0 spiro atoms. The molecule has 0 radical (unpaired) electrons. The van der Waals surface area contributed by atoms with Crippen LogP contribution in [0.3, 0.4) is 0 Å². The van der Waals surface area contributed by atoms with Gasteiger partial charge in [-0.1, -0.05) is 53.0 Å². The van der Waals surface area contributed by atoms with E-state index in [1.165, 1.54) is 30.5 Å². The van der Waals surface area contributed by atoms with E-state index in [0.717, 1.165) is 0 Å². The number of hydrogen-bond donors (Lipinski definition) is 2.